The smallest absolute Gasteiger partial charge is 0.0267 e. The number of halogens is 2. The second-order valence-electron chi connectivity index (χ2n) is 5.61. The molecule has 0 bridgehead atoms. The fourth-order valence-corrected chi connectivity index (χ4v) is 4.56. The van der Waals surface area contributed by atoms with Crippen molar-refractivity contribution >= 4 is 43.8 Å². The van der Waals surface area contributed by atoms with Crippen LogP contribution in [0.25, 0.3) is 0 Å². The summed E-state index contributed by atoms with van der Waals surface area (Å²) in [6.07, 6.45) is 1.47. The molecule has 0 aliphatic carbocycles. The van der Waals surface area contributed by atoms with Gasteiger partial charge in [0.15, 0.2) is 0 Å². The zero-order valence-corrected chi connectivity index (χ0v) is 17.4. The molecule has 1 nitrogen and oxygen atoms in total. The molecule has 0 amide bonds. The molecule has 0 aromatic heterocycles. The van der Waals surface area contributed by atoms with Crippen LogP contribution in [0.3, 0.4) is 0 Å². The molecule has 0 aliphatic heterocycles. The fourth-order valence-electron chi connectivity index (χ4n) is 0.840. The summed E-state index contributed by atoms with van der Waals surface area (Å²) in [5.74, 6) is 0.833. The molecular weight excluding hydrogens is 319 g/mol. The fraction of sp³-hybridized carbons (Fsp3) is 1.00. The summed E-state index contributed by atoms with van der Waals surface area (Å²) in [5, 5.41) is 1.28. The third-order valence-electron chi connectivity index (χ3n) is 1.62. The van der Waals surface area contributed by atoms with Gasteiger partial charge in [-0.15, -0.1) is 11.6 Å². The van der Waals surface area contributed by atoms with E-state index in [1.54, 1.807) is 0 Å². The molecule has 0 rings (SSSR count). The van der Waals surface area contributed by atoms with Crippen LogP contribution in [0.4, 0.5) is 0 Å². The zero-order chi connectivity index (χ0) is 16.2. The van der Waals surface area contributed by atoms with Crippen LogP contribution in [0, 0.1) is 5.92 Å². The highest BCUT2D eigenvalue weighted by molar-refractivity contribution is 8.50. The normalized spacial score (nSPS) is 12.2. The zero-order valence-electron chi connectivity index (χ0n) is 14.3. The lowest BCUT2D eigenvalue weighted by molar-refractivity contribution is 0.694. The van der Waals surface area contributed by atoms with Crippen molar-refractivity contribution in [1.82, 2.24) is 0 Å². The maximum Gasteiger partial charge on any atom is 0.0267 e. The molecule has 0 saturated carbocycles. The SMILES string of the molecule is CC(C)C.CC(C)SOS(Cl)(C(C)C)C(C)C.CCl. The Morgan fingerprint density at radius 3 is 1.21 bits per heavy atom. The topological polar surface area (TPSA) is 9.23 Å². The second kappa shape index (κ2) is 14.2. The molecule has 0 unspecified atom stereocenters. The lowest BCUT2D eigenvalue weighted by Crippen LogP contribution is -2.16. The Bertz CT molecular complexity index is 176. The van der Waals surface area contributed by atoms with Crippen LogP contribution in [-0.4, -0.2) is 22.1 Å². The van der Waals surface area contributed by atoms with Crippen molar-refractivity contribution in [2.45, 2.75) is 78.1 Å². The molecule has 5 heteroatoms. The van der Waals surface area contributed by atoms with Crippen LogP contribution in [-0.2, 0) is 3.63 Å². The molecule has 0 heterocycles. The van der Waals surface area contributed by atoms with Crippen molar-refractivity contribution < 1.29 is 3.63 Å². The highest BCUT2D eigenvalue weighted by Crippen LogP contribution is 2.64. The van der Waals surface area contributed by atoms with Gasteiger partial charge in [-0.1, -0.05) is 62.3 Å². The third-order valence-corrected chi connectivity index (χ3v) is 8.33. The van der Waals surface area contributed by atoms with Gasteiger partial charge >= 0.3 is 0 Å². The summed E-state index contributed by atoms with van der Waals surface area (Å²) in [6, 6.07) is 0. The highest BCUT2D eigenvalue weighted by atomic mass is 35.7. The molecule has 0 saturated heterocycles. The second-order valence-corrected chi connectivity index (χ2v) is 11.8. The molecule has 0 radical (unpaired) electrons. The van der Waals surface area contributed by atoms with E-state index in [0.29, 0.717) is 15.7 Å². The Kier molecular flexibility index (Phi) is 18.8. The van der Waals surface area contributed by atoms with E-state index in [1.165, 1.54) is 18.4 Å². The average Bonchev–Trinajstić information content (AvgIpc) is 2.27. The molecule has 0 fully saturated rings. The van der Waals surface area contributed by atoms with Crippen molar-refractivity contribution in [1.29, 1.82) is 0 Å². The lowest BCUT2D eigenvalue weighted by atomic mass is 10.3. The van der Waals surface area contributed by atoms with Gasteiger partial charge in [0, 0.05) is 34.2 Å². The van der Waals surface area contributed by atoms with Crippen molar-refractivity contribution in [3.63, 3.8) is 0 Å². The van der Waals surface area contributed by atoms with Gasteiger partial charge in [-0.25, -0.2) is 0 Å². The average molecular weight is 353 g/mol. The maximum atomic E-state index is 6.49. The molecule has 0 aromatic rings. The van der Waals surface area contributed by atoms with E-state index in [-0.39, 0.29) is 0 Å². The van der Waals surface area contributed by atoms with E-state index in [0.717, 1.165) is 5.92 Å². The summed E-state index contributed by atoms with van der Waals surface area (Å²) in [4.78, 5) is 0. The first kappa shape index (κ1) is 25.2. The van der Waals surface area contributed by atoms with Crippen LogP contribution in [0.5, 0.6) is 0 Å². The summed E-state index contributed by atoms with van der Waals surface area (Å²) < 4.78 is 5.78. The number of alkyl halides is 1. The summed E-state index contributed by atoms with van der Waals surface area (Å²) in [7, 11) is 5.06. The van der Waals surface area contributed by atoms with Crippen LogP contribution in [0.15, 0.2) is 0 Å². The van der Waals surface area contributed by atoms with E-state index >= 15 is 0 Å². The largest absolute Gasteiger partial charge is 0.254 e. The lowest BCUT2D eigenvalue weighted by Gasteiger charge is -2.39. The van der Waals surface area contributed by atoms with Gasteiger partial charge in [-0.05, 0) is 26.1 Å². The van der Waals surface area contributed by atoms with Crippen molar-refractivity contribution in [3.05, 3.63) is 0 Å². The van der Waals surface area contributed by atoms with Gasteiger partial charge in [0.1, 0.15) is 0 Å². The summed E-state index contributed by atoms with van der Waals surface area (Å²) >= 11 is 6.14. The number of hydrogen-bond acceptors (Lipinski definition) is 2. The highest BCUT2D eigenvalue weighted by Gasteiger charge is 2.31. The first-order valence-electron chi connectivity index (χ1n) is 6.77. The van der Waals surface area contributed by atoms with Gasteiger partial charge in [-0.2, -0.15) is 0 Å². The van der Waals surface area contributed by atoms with Crippen LogP contribution >= 0.6 is 43.8 Å². The Morgan fingerprint density at radius 2 is 1.05 bits per heavy atom. The Balaban J connectivity index is -0.000000361. The monoisotopic (exact) mass is 352 g/mol. The Labute approximate surface area is 137 Å². The Morgan fingerprint density at radius 1 is 0.789 bits per heavy atom. The number of hydrogen-bond donors (Lipinski definition) is 0. The first-order valence-corrected chi connectivity index (χ1v) is 10.8. The van der Waals surface area contributed by atoms with Crippen molar-refractivity contribution in [2.75, 3.05) is 6.38 Å². The molecule has 0 aromatic carbocycles. The minimum atomic E-state index is -1.43. The summed E-state index contributed by atoms with van der Waals surface area (Å²) in [5.41, 5.74) is 0. The van der Waals surface area contributed by atoms with Gasteiger partial charge in [0.05, 0.1) is 0 Å². The maximum absolute atomic E-state index is 6.49. The third kappa shape index (κ3) is 15.4. The summed E-state index contributed by atoms with van der Waals surface area (Å²) in [6.45, 7) is 19.2. The number of rotatable bonds is 5. The minimum Gasteiger partial charge on any atom is -0.254 e. The van der Waals surface area contributed by atoms with Gasteiger partial charge in [0.2, 0.25) is 0 Å². The molecule has 0 spiro atoms. The molecule has 0 atom stereocenters. The van der Waals surface area contributed by atoms with Crippen LogP contribution in [0.2, 0.25) is 0 Å². The predicted molar refractivity (Wildman–Crippen MR) is 99.8 cm³/mol. The van der Waals surface area contributed by atoms with Gasteiger partial charge < -0.3 is 0 Å². The standard InChI is InChI=1S/C9H21ClOS2.C4H10.CH3Cl/c1-7(2)12-11-13(10,8(3)4)9(5)6;1-4(2)3;1-2/h7-9H,1-6H3;4H,1-3H3;1H3. The van der Waals surface area contributed by atoms with Crippen LogP contribution in [0.1, 0.15) is 62.3 Å². The molecular formula is C14H34Cl2OS2. The van der Waals surface area contributed by atoms with E-state index in [9.17, 15) is 0 Å². The van der Waals surface area contributed by atoms with Gasteiger partial charge in [-0.3, -0.25) is 3.63 Å². The minimum absolute atomic E-state index is 0.403. The predicted octanol–water partition coefficient (Wildman–Crippen LogP) is 7.27. The molecule has 122 valence electrons. The Hall–Kier alpha value is 1.24. The van der Waals surface area contributed by atoms with E-state index in [2.05, 4.69) is 73.9 Å². The van der Waals surface area contributed by atoms with Crippen LogP contribution < -0.4 is 0 Å². The molecule has 0 aliphatic rings. The van der Waals surface area contributed by atoms with E-state index in [1.807, 2.05) is 0 Å². The van der Waals surface area contributed by atoms with Crippen molar-refractivity contribution in [2.24, 2.45) is 5.92 Å². The molecule has 0 N–H and O–H groups in total. The van der Waals surface area contributed by atoms with E-state index in [4.69, 9.17) is 14.3 Å². The molecule has 19 heavy (non-hydrogen) atoms. The van der Waals surface area contributed by atoms with E-state index < -0.39 is 9.52 Å². The van der Waals surface area contributed by atoms with Gasteiger partial charge in [0.25, 0.3) is 0 Å². The first-order chi connectivity index (χ1) is 8.54. The quantitative estimate of drug-likeness (QED) is 0.380. The van der Waals surface area contributed by atoms with Crippen molar-refractivity contribution in [3.8, 4) is 0 Å².